The molecule has 0 aliphatic rings. The van der Waals surface area contributed by atoms with Gasteiger partial charge in [-0.15, -0.1) is 0 Å². The molecule has 0 aliphatic heterocycles. The van der Waals surface area contributed by atoms with E-state index in [-0.39, 0.29) is 18.2 Å². The minimum absolute atomic E-state index is 0.00221. The Labute approximate surface area is 134 Å². The van der Waals surface area contributed by atoms with Crippen LogP contribution in [-0.2, 0) is 16.0 Å². The van der Waals surface area contributed by atoms with E-state index in [9.17, 15) is 14.7 Å². The number of aromatic nitrogens is 1. The van der Waals surface area contributed by atoms with Gasteiger partial charge in [0.05, 0.1) is 6.42 Å². The van der Waals surface area contributed by atoms with Crippen molar-refractivity contribution < 1.29 is 19.2 Å². The molecule has 1 amide bonds. The van der Waals surface area contributed by atoms with Gasteiger partial charge in [0.25, 0.3) is 0 Å². The largest absolute Gasteiger partial charge is 0.480 e. The molecule has 0 bridgehead atoms. The first-order valence-electron chi connectivity index (χ1n) is 7.65. The molecule has 6 nitrogen and oxygen atoms in total. The lowest BCUT2D eigenvalue weighted by molar-refractivity contribution is -0.142. The second kappa shape index (κ2) is 6.81. The molecular formula is C17H22N2O4. The molecule has 0 fully saturated rings. The van der Waals surface area contributed by atoms with Gasteiger partial charge in [0.15, 0.2) is 5.58 Å². The Morgan fingerprint density at radius 3 is 2.61 bits per heavy atom. The fraction of sp³-hybridized carbons (Fsp3) is 0.471. The Balaban J connectivity index is 2.15. The summed E-state index contributed by atoms with van der Waals surface area (Å²) < 4.78 is 5.31. The van der Waals surface area contributed by atoms with Gasteiger partial charge in [-0.2, -0.15) is 0 Å². The maximum atomic E-state index is 12.2. The monoisotopic (exact) mass is 318 g/mol. The Morgan fingerprint density at radius 2 is 2.00 bits per heavy atom. The molecule has 1 heterocycles. The van der Waals surface area contributed by atoms with Crippen LogP contribution in [0.3, 0.4) is 0 Å². The molecule has 0 aliphatic carbocycles. The van der Waals surface area contributed by atoms with Crippen molar-refractivity contribution in [3.63, 3.8) is 0 Å². The lowest BCUT2D eigenvalue weighted by Gasteiger charge is -2.16. The lowest BCUT2D eigenvalue weighted by Crippen LogP contribution is -2.42. The van der Waals surface area contributed by atoms with Crippen molar-refractivity contribution >= 4 is 22.8 Å². The number of nitrogens with zero attached hydrogens (tertiary/aromatic N) is 1. The Hall–Kier alpha value is -2.37. The van der Waals surface area contributed by atoms with Crippen LogP contribution in [0.5, 0.6) is 0 Å². The van der Waals surface area contributed by atoms with Crippen LogP contribution >= 0.6 is 0 Å². The number of carbonyl (C=O) groups excluding carboxylic acids is 1. The molecule has 6 heteroatoms. The van der Waals surface area contributed by atoms with Crippen LogP contribution in [0.1, 0.15) is 37.1 Å². The van der Waals surface area contributed by atoms with Crippen LogP contribution in [0.25, 0.3) is 11.0 Å². The highest BCUT2D eigenvalue weighted by Crippen LogP contribution is 2.24. The number of nitrogens with one attached hydrogen (secondary N) is 1. The fourth-order valence-electron chi connectivity index (χ4n) is 2.66. The molecule has 0 spiro atoms. The summed E-state index contributed by atoms with van der Waals surface area (Å²) in [6.45, 7) is 7.72. The van der Waals surface area contributed by atoms with Crippen LogP contribution in [0.2, 0.25) is 0 Å². The Kier molecular flexibility index (Phi) is 5.03. The maximum Gasteiger partial charge on any atom is 0.326 e. The van der Waals surface area contributed by atoms with Gasteiger partial charge in [0.1, 0.15) is 11.7 Å². The van der Waals surface area contributed by atoms with Gasteiger partial charge < -0.3 is 14.9 Å². The van der Waals surface area contributed by atoms with Crippen molar-refractivity contribution in [3.8, 4) is 0 Å². The summed E-state index contributed by atoms with van der Waals surface area (Å²) in [5.74, 6) is -1.22. The summed E-state index contributed by atoms with van der Waals surface area (Å²) in [6, 6.07) is 3.02. The van der Waals surface area contributed by atoms with Gasteiger partial charge in [-0.05, 0) is 43.4 Å². The fourth-order valence-corrected chi connectivity index (χ4v) is 2.66. The quantitative estimate of drug-likeness (QED) is 0.854. The third kappa shape index (κ3) is 4.09. The number of carboxylic acid groups (broad SMARTS) is 1. The predicted molar refractivity (Wildman–Crippen MR) is 86.2 cm³/mol. The molecular weight excluding hydrogens is 296 g/mol. The van der Waals surface area contributed by atoms with E-state index < -0.39 is 12.0 Å². The lowest BCUT2D eigenvalue weighted by atomic mass is 10.0. The van der Waals surface area contributed by atoms with Gasteiger partial charge in [-0.1, -0.05) is 25.1 Å². The topological polar surface area (TPSA) is 92.4 Å². The van der Waals surface area contributed by atoms with E-state index in [1.54, 1.807) is 0 Å². The number of carbonyl (C=O) groups is 2. The average molecular weight is 318 g/mol. The van der Waals surface area contributed by atoms with Crippen molar-refractivity contribution in [2.75, 3.05) is 0 Å². The Bertz CT molecular complexity index is 734. The van der Waals surface area contributed by atoms with Crippen LogP contribution in [0, 0.1) is 19.8 Å². The summed E-state index contributed by atoms with van der Waals surface area (Å²) in [4.78, 5) is 23.4. The van der Waals surface area contributed by atoms with Gasteiger partial charge in [-0.25, -0.2) is 4.79 Å². The zero-order valence-corrected chi connectivity index (χ0v) is 13.8. The molecule has 124 valence electrons. The van der Waals surface area contributed by atoms with Crippen molar-refractivity contribution in [2.24, 2.45) is 5.92 Å². The first kappa shape index (κ1) is 17.0. The summed E-state index contributed by atoms with van der Waals surface area (Å²) in [5.41, 5.74) is 3.21. The molecule has 1 atom stereocenters. The predicted octanol–water partition coefficient (Wildman–Crippen LogP) is 2.60. The summed E-state index contributed by atoms with van der Waals surface area (Å²) >= 11 is 0. The van der Waals surface area contributed by atoms with Gasteiger partial charge in [0.2, 0.25) is 5.91 Å². The number of rotatable bonds is 6. The summed E-state index contributed by atoms with van der Waals surface area (Å²) in [5, 5.41) is 16.5. The van der Waals surface area contributed by atoms with Gasteiger partial charge >= 0.3 is 5.97 Å². The number of aryl methyl sites for hydroxylation is 2. The van der Waals surface area contributed by atoms with Crippen molar-refractivity contribution in [3.05, 3.63) is 29.0 Å². The zero-order chi connectivity index (χ0) is 17.1. The third-order valence-electron chi connectivity index (χ3n) is 3.65. The molecule has 1 aromatic carbocycles. The number of hydrogen-bond acceptors (Lipinski definition) is 4. The number of hydrogen-bond donors (Lipinski definition) is 2. The second-order valence-electron chi connectivity index (χ2n) is 6.35. The van der Waals surface area contributed by atoms with Gasteiger partial charge in [-0.3, -0.25) is 4.79 Å². The molecule has 2 aromatic rings. The van der Waals surface area contributed by atoms with Gasteiger partial charge in [0, 0.05) is 5.39 Å². The standard InChI is InChI=1S/C17H22N2O4/c1-9(2)5-14(17(21)22)18-15(20)8-13-12-7-10(3)6-11(4)16(12)23-19-13/h6-7,9,14H,5,8H2,1-4H3,(H,18,20)(H,21,22). The van der Waals surface area contributed by atoms with E-state index in [4.69, 9.17) is 4.52 Å². The third-order valence-corrected chi connectivity index (χ3v) is 3.65. The number of amides is 1. The average Bonchev–Trinajstić information content (AvgIpc) is 2.80. The molecule has 1 unspecified atom stereocenters. The number of aliphatic carboxylic acids is 1. The first-order valence-corrected chi connectivity index (χ1v) is 7.65. The molecule has 2 rings (SSSR count). The number of carboxylic acids is 1. The Morgan fingerprint density at radius 1 is 1.30 bits per heavy atom. The minimum atomic E-state index is -1.02. The SMILES string of the molecule is Cc1cc(C)c2onc(CC(=O)NC(CC(C)C)C(=O)O)c2c1. The van der Waals surface area contributed by atoms with Crippen molar-refractivity contribution in [1.82, 2.24) is 10.5 Å². The normalized spacial score (nSPS) is 12.6. The molecule has 23 heavy (non-hydrogen) atoms. The van der Waals surface area contributed by atoms with E-state index >= 15 is 0 Å². The van der Waals surface area contributed by atoms with Crippen molar-refractivity contribution in [1.29, 1.82) is 0 Å². The first-order chi connectivity index (χ1) is 10.8. The zero-order valence-electron chi connectivity index (χ0n) is 13.8. The number of fused-ring (bicyclic) bond motifs is 1. The van der Waals surface area contributed by atoms with E-state index in [0.29, 0.717) is 17.7 Å². The van der Waals surface area contributed by atoms with E-state index in [2.05, 4.69) is 10.5 Å². The second-order valence-corrected chi connectivity index (χ2v) is 6.35. The summed E-state index contributed by atoms with van der Waals surface area (Å²) in [7, 11) is 0. The molecule has 2 N–H and O–H groups in total. The molecule has 1 aromatic heterocycles. The highest BCUT2D eigenvalue weighted by atomic mass is 16.5. The highest BCUT2D eigenvalue weighted by molar-refractivity contribution is 5.89. The highest BCUT2D eigenvalue weighted by Gasteiger charge is 2.22. The summed E-state index contributed by atoms with van der Waals surface area (Å²) in [6.07, 6.45) is 0.386. The molecule has 0 saturated carbocycles. The smallest absolute Gasteiger partial charge is 0.326 e. The van der Waals surface area contributed by atoms with Crippen LogP contribution < -0.4 is 5.32 Å². The van der Waals surface area contributed by atoms with Crippen LogP contribution in [0.4, 0.5) is 0 Å². The minimum Gasteiger partial charge on any atom is -0.480 e. The van der Waals surface area contributed by atoms with Crippen molar-refractivity contribution in [2.45, 2.75) is 46.6 Å². The van der Waals surface area contributed by atoms with E-state index in [0.717, 1.165) is 16.5 Å². The van der Waals surface area contributed by atoms with E-state index in [1.807, 2.05) is 39.8 Å². The van der Waals surface area contributed by atoms with Crippen LogP contribution in [0.15, 0.2) is 16.7 Å². The number of benzene rings is 1. The van der Waals surface area contributed by atoms with Crippen LogP contribution in [-0.4, -0.2) is 28.2 Å². The van der Waals surface area contributed by atoms with E-state index in [1.165, 1.54) is 0 Å². The molecule has 0 saturated heterocycles. The molecule has 0 radical (unpaired) electrons. The maximum absolute atomic E-state index is 12.2.